The number of anilines is 2. The first-order chi connectivity index (χ1) is 15.2. The first-order valence-corrected chi connectivity index (χ1v) is 11.7. The Balaban J connectivity index is 1.40. The number of amides is 1. The van der Waals surface area contributed by atoms with Crippen LogP contribution in [0, 0.1) is 6.92 Å². The highest BCUT2D eigenvalue weighted by Crippen LogP contribution is 2.37. The Morgan fingerprint density at radius 3 is 2.45 bits per heavy atom. The zero-order valence-corrected chi connectivity index (χ0v) is 18.8. The number of rotatable bonds is 4. The number of carbonyl (C=O) groups is 1. The standard InChI is InChI=1S/C23H27N5O2S/c1-16-19-21(24-15-25-22(19)31-20(16)23(29)28-9-5-6-10-28)27-13-11-26(12-14-27)17-7-3-4-8-18(17)30-2/h3-4,7-8,15H,5-6,9-14H2,1-2H3. The minimum Gasteiger partial charge on any atom is -0.495 e. The molecule has 162 valence electrons. The second kappa shape index (κ2) is 8.34. The molecule has 2 saturated heterocycles. The summed E-state index contributed by atoms with van der Waals surface area (Å²) in [6.45, 7) is 7.24. The van der Waals surface area contributed by atoms with Crippen LogP contribution in [0.5, 0.6) is 5.75 Å². The van der Waals surface area contributed by atoms with Gasteiger partial charge in [-0.3, -0.25) is 4.79 Å². The summed E-state index contributed by atoms with van der Waals surface area (Å²) < 4.78 is 5.54. The van der Waals surface area contributed by atoms with Gasteiger partial charge in [-0.15, -0.1) is 11.3 Å². The van der Waals surface area contributed by atoms with E-state index in [1.807, 2.05) is 30.0 Å². The summed E-state index contributed by atoms with van der Waals surface area (Å²) in [5, 5.41) is 1.03. The Hall–Kier alpha value is -2.87. The van der Waals surface area contributed by atoms with E-state index in [1.165, 1.54) is 11.3 Å². The molecule has 4 heterocycles. The molecule has 0 aliphatic carbocycles. The largest absolute Gasteiger partial charge is 0.495 e. The number of aryl methyl sites for hydroxylation is 1. The van der Waals surface area contributed by atoms with Crippen LogP contribution < -0.4 is 14.5 Å². The first-order valence-electron chi connectivity index (χ1n) is 10.8. The lowest BCUT2D eigenvalue weighted by molar-refractivity contribution is 0.0797. The van der Waals surface area contributed by atoms with E-state index in [0.29, 0.717) is 0 Å². The molecular weight excluding hydrogens is 410 g/mol. The number of likely N-dealkylation sites (tertiary alicyclic amines) is 1. The van der Waals surface area contributed by atoms with E-state index < -0.39 is 0 Å². The number of piperazine rings is 1. The first kappa shape index (κ1) is 20.1. The number of benzene rings is 1. The molecule has 0 atom stereocenters. The van der Waals surface area contributed by atoms with E-state index in [-0.39, 0.29) is 5.91 Å². The Labute approximate surface area is 186 Å². The Morgan fingerprint density at radius 2 is 1.71 bits per heavy atom. The van der Waals surface area contributed by atoms with Gasteiger partial charge in [-0.2, -0.15) is 0 Å². The van der Waals surface area contributed by atoms with Crippen molar-refractivity contribution in [3.8, 4) is 5.75 Å². The maximum absolute atomic E-state index is 13.0. The second-order valence-electron chi connectivity index (χ2n) is 8.08. The average molecular weight is 438 g/mol. The minimum absolute atomic E-state index is 0.143. The van der Waals surface area contributed by atoms with Gasteiger partial charge in [0, 0.05) is 39.3 Å². The van der Waals surface area contributed by atoms with Gasteiger partial charge < -0.3 is 19.4 Å². The average Bonchev–Trinajstić information content (AvgIpc) is 3.47. The van der Waals surface area contributed by atoms with Crippen molar-refractivity contribution in [3.63, 3.8) is 0 Å². The Kier molecular flexibility index (Phi) is 5.40. The molecule has 0 bridgehead atoms. The number of carbonyl (C=O) groups excluding carboxylic acids is 1. The summed E-state index contributed by atoms with van der Waals surface area (Å²) in [7, 11) is 1.72. The van der Waals surface area contributed by atoms with Crippen LogP contribution in [0.1, 0.15) is 28.1 Å². The molecule has 0 radical (unpaired) electrons. The van der Waals surface area contributed by atoms with Crippen molar-refractivity contribution in [3.05, 3.63) is 41.0 Å². The van der Waals surface area contributed by atoms with Gasteiger partial charge in [0.25, 0.3) is 5.91 Å². The maximum Gasteiger partial charge on any atom is 0.264 e. The number of nitrogens with zero attached hydrogens (tertiary/aromatic N) is 5. The molecule has 31 heavy (non-hydrogen) atoms. The second-order valence-corrected chi connectivity index (χ2v) is 9.08. The maximum atomic E-state index is 13.0. The molecule has 3 aromatic rings. The van der Waals surface area contributed by atoms with Gasteiger partial charge in [-0.25, -0.2) is 9.97 Å². The number of ether oxygens (including phenoxy) is 1. The van der Waals surface area contributed by atoms with E-state index >= 15 is 0 Å². The zero-order chi connectivity index (χ0) is 21.4. The molecule has 2 fully saturated rings. The van der Waals surface area contributed by atoms with Gasteiger partial charge in [-0.05, 0) is 37.5 Å². The molecule has 0 spiro atoms. The van der Waals surface area contributed by atoms with Gasteiger partial charge >= 0.3 is 0 Å². The van der Waals surface area contributed by atoms with Crippen LogP contribution in [-0.4, -0.2) is 67.2 Å². The van der Waals surface area contributed by atoms with E-state index in [0.717, 1.165) is 90.0 Å². The summed E-state index contributed by atoms with van der Waals surface area (Å²) in [4.78, 5) is 30.5. The molecule has 5 rings (SSSR count). The number of methoxy groups -OCH3 is 1. The summed E-state index contributed by atoms with van der Waals surface area (Å²) in [5.74, 6) is 1.99. The predicted octanol–water partition coefficient (Wildman–Crippen LogP) is 3.57. The van der Waals surface area contributed by atoms with E-state index in [4.69, 9.17) is 4.74 Å². The molecule has 7 nitrogen and oxygen atoms in total. The van der Waals surface area contributed by atoms with Crippen molar-refractivity contribution in [2.75, 3.05) is 56.2 Å². The number of para-hydroxylation sites is 2. The highest BCUT2D eigenvalue weighted by molar-refractivity contribution is 7.20. The van der Waals surface area contributed by atoms with Crippen LogP contribution in [0.25, 0.3) is 10.2 Å². The van der Waals surface area contributed by atoms with E-state index in [2.05, 4.69) is 25.8 Å². The van der Waals surface area contributed by atoms with Crippen LogP contribution >= 0.6 is 11.3 Å². The van der Waals surface area contributed by atoms with Gasteiger partial charge in [0.2, 0.25) is 0 Å². The number of thiophene rings is 1. The summed E-state index contributed by atoms with van der Waals surface area (Å²) in [5.41, 5.74) is 2.14. The molecule has 0 saturated carbocycles. The Morgan fingerprint density at radius 1 is 1.00 bits per heavy atom. The fourth-order valence-corrected chi connectivity index (χ4v) is 5.72. The smallest absolute Gasteiger partial charge is 0.264 e. The van der Waals surface area contributed by atoms with Crippen LogP contribution in [0.2, 0.25) is 0 Å². The molecule has 0 N–H and O–H groups in total. The van der Waals surface area contributed by atoms with Gasteiger partial charge in [0.1, 0.15) is 22.7 Å². The van der Waals surface area contributed by atoms with Crippen molar-refractivity contribution in [1.82, 2.24) is 14.9 Å². The van der Waals surface area contributed by atoms with Crippen LogP contribution in [0.3, 0.4) is 0 Å². The molecule has 2 aliphatic heterocycles. The van der Waals surface area contributed by atoms with Crippen LogP contribution in [0.15, 0.2) is 30.6 Å². The lowest BCUT2D eigenvalue weighted by Crippen LogP contribution is -2.47. The predicted molar refractivity (Wildman–Crippen MR) is 125 cm³/mol. The topological polar surface area (TPSA) is 61.8 Å². The van der Waals surface area contributed by atoms with Crippen molar-refractivity contribution in [2.45, 2.75) is 19.8 Å². The lowest BCUT2D eigenvalue weighted by Gasteiger charge is -2.37. The van der Waals surface area contributed by atoms with Crippen molar-refractivity contribution in [2.24, 2.45) is 0 Å². The molecule has 2 aromatic heterocycles. The van der Waals surface area contributed by atoms with Gasteiger partial charge in [0.15, 0.2) is 0 Å². The van der Waals surface area contributed by atoms with Crippen molar-refractivity contribution < 1.29 is 9.53 Å². The van der Waals surface area contributed by atoms with Crippen molar-refractivity contribution in [1.29, 1.82) is 0 Å². The van der Waals surface area contributed by atoms with Crippen LogP contribution in [-0.2, 0) is 0 Å². The SMILES string of the molecule is COc1ccccc1N1CCN(c2ncnc3sc(C(=O)N4CCCC4)c(C)c23)CC1. The summed E-state index contributed by atoms with van der Waals surface area (Å²) in [6.07, 6.45) is 3.82. The third-order valence-corrected chi connectivity index (χ3v) is 7.49. The monoisotopic (exact) mass is 437 g/mol. The number of fused-ring (bicyclic) bond motifs is 1. The third kappa shape index (κ3) is 3.59. The normalized spacial score (nSPS) is 16.9. The summed E-state index contributed by atoms with van der Waals surface area (Å²) in [6, 6.07) is 8.16. The number of hydrogen-bond acceptors (Lipinski definition) is 7. The zero-order valence-electron chi connectivity index (χ0n) is 18.0. The van der Waals surface area contributed by atoms with Crippen molar-refractivity contribution >= 4 is 39.0 Å². The molecule has 1 amide bonds. The van der Waals surface area contributed by atoms with E-state index in [9.17, 15) is 4.79 Å². The van der Waals surface area contributed by atoms with Gasteiger partial charge in [0.05, 0.1) is 23.1 Å². The molecule has 2 aliphatic rings. The molecule has 1 aromatic carbocycles. The third-order valence-electron chi connectivity index (χ3n) is 6.30. The van der Waals surface area contributed by atoms with Crippen LogP contribution in [0.4, 0.5) is 11.5 Å². The van der Waals surface area contributed by atoms with E-state index in [1.54, 1.807) is 13.4 Å². The molecular formula is C23H27N5O2S. The highest BCUT2D eigenvalue weighted by atomic mass is 32.1. The quantitative estimate of drug-likeness (QED) is 0.622. The fourth-order valence-electron chi connectivity index (χ4n) is 4.61. The summed E-state index contributed by atoms with van der Waals surface area (Å²) >= 11 is 1.50. The molecule has 0 unspecified atom stereocenters. The lowest BCUT2D eigenvalue weighted by atomic mass is 10.1. The molecule has 8 heteroatoms. The fraction of sp³-hybridized carbons (Fsp3) is 0.435. The highest BCUT2D eigenvalue weighted by Gasteiger charge is 2.28. The number of aromatic nitrogens is 2. The number of hydrogen-bond donors (Lipinski definition) is 0. The van der Waals surface area contributed by atoms with Gasteiger partial charge in [-0.1, -0.05) is 12.1 Å². The minimum atomic E-state index is 0.143. The Bertz CT molecular complexity index is 1100.